The van der Waals surface area contributed by atoms with Crippen molar-refractivity contribution >= 4 is 44.5 Å². The van der Waals surface area contributed by atoms with Crippen LogP contribution < -0.4 is 0 Å². The highest BCUT2D eigenvalue weighted by Crippen LogP contribution is 2.34. The van der Waals surface area contributed by atoms with Crippen LogP contribution in [0.2, 0.25) is 0 Å². The molecule has 0 bridgehead atoms. The predicted octanol–water partition coefficient (Wildman–Crippen LogP) is 2.28. The summed E-state index contributed by atoms with van der Waals surface area (Å²) in [6.07, 6.45) is 0. The van der Waals surface area contributed by atoms with E-state index < -0.39 is 24.3 Å². The summed E-state index contributed by atoms with van der Waals surface area (Å²) in [6, 6.07) is 8.42. The molecule has 6 heteroatoms. The number of rotatable bonds is 2. The van der Waals surface area contributed by atoms with Gasteiger partial charge in [-0.3, -0.25) is 19.3 Å². The van der Waals surface area contributed by atoms with Crippen molar-refractivity contribution in [3.8, 4) is 0 Å². The van der Waals surface area contributed by atoms with Crippen molar-refractivity contribution in [1.82, 2.24) is 4.90 Å². The summed E-state index contributed by atoms with van der Waals surface area (Å²) in [4.78, 5) is 36.1. The fourth-order valence-electron chi connectivity index (χ4n) is 2.39. The zero-order valence-corrected chi connectivity index (χ0v) is 11.7. The van der Waals surface area contributed by atoms with Gasteiger partial charge in [-0.15, -0.1) is 0 Å². The summed E-state index contributed by atoms with van der Waals surface area (Å²) in [6.45, 7) is -0.635. The van der Waals surface area contributed by atoms with Gasteiger partial charge in [0.25, 0.3) is 11.8 Å². The Hall–Kier alpha value is -2.21. The van der Waals surface area contributed by atoms with Crippen LogP contribution in [0.15, 0.2) is 34.8 Å². The van der Waals surface area contributed by atoms with Gasteiger partial charge in [0.05, 0.1) is 0 Å². The number of nitrogens with zero attached hydrogens (tertiary/aromatic N) is 1. The Kier molecular flexibility index (Phi) is 2.83. The van der Waals surface area contributed by atoms with E-state index in [9.17, 15) is 14.4 Å². The molecule has 0 atom stereocenters. The van der Waals surface area contributed by atoms with E-state index in [1.165, 1.54) is 0 Å². The SMILES string of the molecule is O=C(O)CN1C(=O)c2cccc3c(Br)ccc(c23)C1=O. The van der Waals surface area contributed by atoms with E-state index in [2.05, 4.69) is 15.9 Å². The van der Waals surface area contributed by atoms with Crippen LogP contribution in [-0.2, 0) is 4.79 Å². The third-order valence-electron chi connectivity index (χ3n) is 3.23. The first-order chi connectivity index (χ1) is 9.50. The fraction of sp³-hybridized carbons (Fsp3) is 0.0714. The molecule has 2 aromatic rings. The van der Waals surface area contributed by atoms with Crippen molar-refractivity contribution in [1.29, 1.82) is 0 Å². The van der Waals surface area contributed by atoms with Crippen molar-refractivity contribution in [2.45, 2.75) is 0 Å². The van der Waals surface area contributed by atoms with Crippen LogP contribution in [0.3, 0.4) is 0 Å². The zero-order valence-electron chi connectivity index (χ0n) is 10.1. The second-order valence-electron chi connectivity index (χ2n) is 4.41. The first kappa shape index (κ1) is 12.8. The molecule has 0 spiro atoms. The Morgan fingerprint density at radius 1 is 1.10 bits per heavy atom. The van der Waals surface area contributed by atoms with E-state index in [0.717, 1.165) is 14.8 Å². The zero-order chi connectivity index (χ0) is 14.4. The normalized spacial score (nSPS) is 13.9. The largest absolute Gasteiger partial charge is 0.480 e. The van der Waals surface area contributed by atoms with Gasteiger partial charge in [-0.25, -0.2) is 0 Å². The average Bonchev–Trinajstić information content (AvgIpc) is 2.42. The standard InChI is InChI=1S/C14H8BrNO4/c15-10-5-4-9-12-7(10)2-1-3-8(12)13(19)16(14(9)20)6-11(17)18/h1-5H,6H2,(H,17,18). The molecule has 2 aromatic carbocycles. The van der Waals surface area contributed by atoms with Crippen molar-refractivity contribution in [2.24, 2.45) is 0 Å². The summed E-state index contributed by atoms with van der Waals surface area (Å²) in [7, 11) is 0. The summed E-state index contributed by atoms with van der Waals surface area (Å²) in [5.41, 5.74) is 0.694. The summed E-state index contributed by atoms with van der Waals surface area (Å²) < 4.78 is 0.783. The van der Waals surface area contributed by atoms with Gasteiger partial charge < -0.3 is 5.11 Å². The molecule has 0 radical (unpaired) electrons. The molecule has 1 heterocycles. The Labute approximate surface area is 121 Å². The van der Waals surface area contributed by atoms with Crippen LogP contribution in [0.4, 0.5) is 0 Å². The molecule has 1 N–H and O–H groups in total. The quantitative estimate of drug-likeness (QED) is 0.855. The second kappa shape index (κ2) is 4.42. The molecule has 1 aliphatic rings. The monoisotopic (exact) mass is 333 g/mol. The van der Waals surface area contributed by atoms with Gasteiger partial charge in [-0.2, -0.15) is 0 Å². The Bertz CT molecular complexity index is 762. The van der Waals surface area contributed by atoms with Gasteiger partial charge in [0, 0.05) is 21.0 Å². The number of imide groups is 1. The number of hydrogen-bond acceptors (Lipinski definition) is 3. The maximum atomic E-state index is 12.3. The van der Waals surface area contributed by atoms with Crippen LogP contribution in [0.1, 0.15) is 20.7 Å². The third kappa shape index (κ3) is 1.72. The minimum Gasteiger partial charge on any atom is -0.480 e. The lowest BCUT2D eigenvalue weighted by Crippen LogP contribution is -2.43. The number of halogens is 1. The second-order valence-corrected chi connectivity index (χ2v) is 5.27. The fourth-order valence-corrected chi connectivity index (χ4v) is 2.85. The van der Waals surface area contributed by atoms with E-state index in [-0.39, 0.29) is 0 Å². The van der Waals surface area contributed by atoms with Gasteiger partial charge in [-0.05, 0) is 23.6 Å². The number of benzene rings is 2. The lowest BCUT2D eigenvalue weighted by molar-refractivity contribution is -0.137. The molecule has 100 valence electrons. The Balaban J connectivity index is 2.31. The molecule has 0 unspecified atom stereocenters. The lowest BCUT2D eigenvalue weighted by Gasteiger charge is -2.26. The van der Waals surface area contributed by atoms with Crippen molar-refractivity contribution in [2.75, 3.05) is 6.54 Å². The van der Waals surface area contributed by atoms with Crippen LogP contribution in [0.5, 0.6) is 0 Å². The van der Waals surface area contributed by atoms with Gasteiger partial charge in [0.15, 0.2) is 0 Å². The minimum absolute atomic E-state index is 0.347. The molecule has 0 fully saturated rings. The number of carboxylic acids is 1. The molecule has 2 amide bonds. The van der Waals surface area contributed by atoms with Gasteiger partial charge in [0.1, 0.15) is 6.54 Å². The molecule has 0 aromatic heterocycles. The van der Waals surface area contributed by atoms with Crippen LogP contribution in [-0.4, -0.2) is 34.3 Å². The first-order valence-electron chi connectivity index (χ1n) is 5.80. The number of carboxylic acid groups (broad SMARTS) is 1. The molecular weight excluding hydrogens is 326 g/mol. The molecule has 0 saturated carbocycles. The highest BCUT2D eigenvalue weighted by atomic mass is 79.9. The van der Waals surface area contributed by atoms with Crippen LogP contribution >= 0.6 is 15.9 Å². The average molecular weight is 334 g/mol. The topological polar surface area (TPSA) is 74.7 Å². The molecular formula is C14H8BrNO4. The van der Waals surface area contributed by atoms with Gasteiger partial charge in [0.2, 0.25) is 0 Å². The maximum Gasteiger partial charge on any atom is 0.323 e. The molecule has 1 aliphatic heterocycles. The number of carbonyl (C=O) groups excluding carboxylic acids is 2. The van der Waals surface area contributed by atoms with Crippen LogP contribution in [0.25, 0.3) is 10.8 Å². The van der Waals surface area contributed by atoms with Crippen LogP contribution in [0, 0.1) is 0 Å². The lowest BCUT2D eigenvalue weighted by atomic mass is 9.94. The Morgan fingerprint density at radius 3 is 2.40 bits per heavy atom. The minimum atomic E-state index is -1.22. The number of hydrogen-bond donors (Lipinski definition) is 1. The summed E-state index contributed by atoms with van der Waals surface area (Å²) >= 11 is 3.38. The van der Waals surface area contributed by atoms with E-state index in [0.29, 0.717) is 16.5 Å². The summed E-state index contributed by atoms with van der Waals surface area (Å²) in [5, 5.41) is 10.2. The first-order valence-corrected chi connectivity index (χ1v) is 6.59. The highest BCUT2D eigenvalue weighted by molar-refractivity contribution is 9.10. The van der Waals surface area contributed by atoms with Crippen molar-refractivity contribution in [3.05, 3.63) is 45.9 Å². The molecule has 0 aliphatic carbocycles. The van der Waals surface area contributed by atoms with Crippen molar-refractivity contribution < 1.29 is 19.5 Å². The number of amides is 2. The van der Waals surface area contributed by atoms with Gasteiger partial charge >= 0.3 is 5.97 Å². The van der Waals surface area contributed by atoms with Gasteiger partial charge in [-0.1, -0.05) is 28.1 Å². The maximum absolute atomic E-state index is 12.3. The smallest absolute Gasteiger partial charge is 0.323 e. The van der Waals surface area contributed by atoms with Crippen molar-refractivity contribution in [3.63, 3.8) is 0 Å². The third-order valence-corrected chi connectivity index (χ3v) is 3.92. The number of carbonyl (C=O) groups is 3. The summed E-state index contributed by atoms with van der Waals surface area (Å²) in [5.74, 6) is -2.37. The Morgan fingerprint density at radius 2 is 1.75 bits per heavy atom. The molecule has 20 heavy (non-hydrogen) atoms. The molecule has 0 saturated heterocycles. The molecule has 5 nitrogen and oxygen atoms in total. The van der Waals surface area contributed by atoms with E-state index in [4.69, 9.17) is 5.11 Å². The predicted molar refractivity (Wildman–Crippen MR) is 74.7 cm³/mol. The van der Waals surface area contributed by atoms with E-state index in [1.54, 1.807) is 30.3 Å². The van der Waals surface area contributed by atoms with E-state index in [1.807, 2.05) is 0 Å². The number of aliphatic carboxylic acids is 1. The highest BCUT2D eigenvalue weighted by Gasteiger charge is 2.34. The van der Waals surface area contributed by atoms with E-state index >= 15 is 0 Å². The molecule has 3 rings (SSSR count).